The molecule has 0 amide bonds. The highest BCUT2D eigenvalue weighted by Gasteiger charge is 2.51. The van der Waals surface area contributed by atoms with Crippen LogP contribution in [0.25, 0.3) is 0 Å². The summed E-state index contributed by atoms with van der Waals surface area (Å²) in [6, 6.07) is -1.27. The second-order valence-corrected chi connectivity index (χ2v) is 20.1. The molecule has 10 N–H and O–H groups in total. The molecule has 17 nitrogen and oxygen atoms in total. The highest BCUT2D eigenvalue weighted by molar-refractivity contribution is 8.00. The van der Waals surface area contributed by atoms with Crippen LogP contribution in [-0.4, -0.2) is 138 Å². The Balaban J connectivity index is 2.89. The number of rotatable bonds is 41. The molecule has 1 saturated carbocycles. The zero-order valence-corrected chi connectivity index (χ0v) is 43.6. The molecule has 0 aromatic carbocycles. The lowest BCUT2D eigenvalue weighted by atomic mass is 9.85. The maximum absolute atomic E-state index is 13.1. The Labute approximate surface area is 426 Å². The molecule has 0 aromatic heterocycles. The monoisotopic (exact) mass is 1040 g/mol. The normalized spacial score (nSPS) is 22.6. The minimum atomic E-state index is -5.27. The minimum absolute atomic E-state index is 0.0587. The predicted molar refractivity (Wildman–Crippen MR) is 277 cm³/mol. The topological polar surface area (TPSA) is 293 Å². The summed E-state index contributed by atoms with van der Waals surface area (Å²) in [4.78, 5) is 47.6. The Morgan fingerprint density at radius 1 is 0.648 bits per heavy atom. The van der Waals surface area contributed by atoms with E-state index in [9.17, 15) is 54.5 Å². The number of aliphatic carboxylic acids is 1. The van der Waals surface area contributed by atoms with Gasteiger partial charge in [0.05, 0.1) is 12.7 Å². The molecule has 406 valence electrons. The first-order valence-corrected chi connectivity index (χ1v) is 27.9. The fourth-order valence-corrected chi connectivity index (χ4v) is 9.08. The molecule has 0 aromatic rings. The quantitative estimate of drug-likeness (QED) is 0.00949. The number of thioether (sulfide) groups is 1. The Morgan fingerprint density at radius 2 is 1.17 bits per heavy atom. The third-order valence-electron chi connectivity index (χ3n) is 11.2. The molecule has 0 aliphatic heterocycles. The maximum atomic E-state index is 13.1. The van der Waals surface area contributed by atoms with Crippen LogP contribution >= 0.6 is 19.6 Å². The molecule has 0 spiro atoms. The summed E-state index contributed by atoms with van der Waals surface area (Å²) in [6.07, 6.45) is 29.5. The minimum Gasteiger partial charge on any atom is -0.481 e. The number of carboxylic acids is 1. The molecule has 1 aliphatic carbocycles. The predicted octanol–water partition coefficient (Wildman–Crippen LogP) is 7.37. The standard InChI is InChI=1S/C52H86NO16PS/c1-3-5-7-9-11-13-15-17-18-19-20-21-23-25-27-29-31-36-45(57)68-40(38-67-70(64,65)69-51-49(61)47(59)46(58)48(60)50(51)62)37-66-52(63)41(53)39-71-43(42(54)33-32-35-44(55)56)34-30-28-26-24-22-16-14-12-10-8-6-4-2/h12,14,17-18,20-22,24-28,30,34,40-43,46-51,54,58-62H,3-11,13,15-16,19,23,29,31-33,35-39,53H2,1-2H3,(H,55,56)(H,64,65)/b14-12-,18-17-,21-20-,24-22-,27-25-,28-26+,34-30+/t40-,41+,42+,43-,46?,47-,48+,49-,50-,51?/m1/s1. The number of hydrogen-bond acceptors (Lipinski definition) is 16. The van der Waals surface area contributed by atoms with Crippen LogP contribution in [0.2, 0.25) is 0 Å². The highest BCUT2D eigenvalue weighted by Crippen LogP contribution is 2.47. The number of carbonyl (C=O) groups is 3. The van der Waals surface area contributed by atoms with Crippen LogP contribution in [0.3, 0.4) is 0 Å². The zero-order valence-electron chi connectivity index (χ0n) is 41.9. The highest BCUT2D eigenvalue weighted by atomic mass is 32.2. The summed E-state index contributed by atoms with van der Waals surface area (Å²) in [5.74, 6) is -2.76. The number of hydrogen-bond donors (Lipinski definition) is 9. The lowest BCUT2D eigenvalue weighted by Crippen LogP contribution is -2.64. The van der Waals surface area contributed by atoms with E-state index in [1.54, 1.807) is 18.2 Å². The van der Waals surface area contributed by atoms with E-state index < -0.39 is 99.1 Å². The molecule has 1 fully saturated rings. The van der Waals surface area contributed by atoms with E-state index in [0.29, 0.717) is 12.8 Å². The number of aliphatic hydroxyl groups excluding tert-OH is 6. The Bertz CT molecular complexity index is 1690. The van der Waals surface area contributed by atoms with E-state index in [-0.39, 0.29) is 31.4 Å². The van der Waals surface area contributed by atoms with Crippen molar-refractivity contribution in [3.8, 4) is 0 Å². The number of nitrogens with two attached hydrogens (primary N) is 1. The first-order valence-electron chi connectivity index (χ1n) is 25.3. The number of carboxylic acid groups (broad SMARTS) is 1. The fourth-order valence-electron chi connectivity index (χ4n) is 6.98. The molecule has 19 heteroatoms. The third kappa shape index (κ3) is 32.5. The summed E-state index contributed by atoms with van der Waals surface area (Å²) in [5, 5.41) is 69.9. The van der Waals surface area contributed by atoms with Gasteiger partial charge < -0.3 is 55.8 Å². The van der Waals surface area contributed by atoms with Gasteiger partial charge in [-0.05, 0) is 70.6 Å². The number of unbranched alkanes of at least 4 members (excludes halogenated alkanes) is 10. The number of phosphoric acid groups is 1. The van der Waals surface area contributed by atoms with E-state index in [1.165, 1.54) is 57.8 Å². The van der Waals surface area contributed by atoms with Gasteiger partial charge in [0.2, 0.25) is 0 Å². The number of phosphoric ester groups is 1. The van der Waals surface area contributed by atoms with Crippen LogP contribution in [-0.2, 0) is 37.5 Å². The van der Waals surface area contributed by atoms with Crippen molar-refractivity contribution in [3.05, 3.63) is 85.1 Å². The van der Waals surface area contributed by atoms with E-state index in [1.807, 2.05) is 30.4 Å². The van der Waals surface area contributed by atoms with Crippen molar-refractivity contribution in [1.29, 1.82) is 0 Å². The van der Waals surface area contributed by atoms with Crippen LogP contribution in [0.5, 0.6) is 0 Å². The molecule has 1 aliphatic rings. The molecule has 0 heterocycles. The van der Waals surface area contributed by atoms with Gasteiger partial charge in [0.15, 0.2) is 6.10 Å². The molecule has 11 atom stereocenters. The summed E-state index contributed by atoms with van der Waals surface area (Å²) >= 11 is 1.14. The van der Waals surface area contributed by atoms with Gasteiger partial charge in [-0.2, -0.15) is 0 Å². The van der Waals surface area contributed by atoms with E-state index in [2.05, 4.69) is 50.3 Å². The number of allylic oxidation sites excluding steroid dienone is 13. The van der Waals surface area contributed by atoms with Crippen molar-refractivity contribution in [1.82, 2.24) is 0 Å². The summed E-state index contributed by atoms with van der Waals surface area (Å²) < 4.78 is 33.6. The van der Waals surface area contributed by atoms with Crippen molar-refractivity contribution >= 4 is 37.5 Å². The maximum Gasteiger partial charge on any atom is 0.472 e. The summed E-state index contributed by atoms with van der Waals surface area (Å²) in [7, 11) is -5.27. The first kappa shape index (κ1) is 65.8. The van der Waals surface area contributed by atoms with E-state index in [0.717, 1.165) is 43.9 Å². The smallest absolute Gasteiger partial charge is 0.472 e. The van der Waals surface area contributed by atoms with Crippen LogP contribution in [0.1, 0.15) is 142 Å². The van der Waals surface area contributed by atoms with Gasteiger partial charge in [0.25, 0.3) is 0 Å². The van der Waals surface area contributed by atoms with E-state index >= 15 is 0 Å². The molecule has 0 saturated heterocycles. The van der Waals surface area contributed by atoms with E-state index in [4.69, 9.17) is 29.4 Å². The number of esters is 2. The third-order valence-corrected chi connectivity index (χ3v) is 13.6. The molecule has 71 heavy (non-hydrogen) atoms. The van der Waals surface area contributed by atoms with Crippen LogP contribution < -0.4 is 5.73 Å². The van der Waals surface area contributed by atoms with Crippen molar-refractivity contribution in [2.75, 3.05) is 19.0 Å². The van der Waals surface area contributed by atoms with Crippen LogP contribution in [0.15, 0.2) is 85.1 Å². The molecular formula is C52H86NO16PS. The van der Waals surface area contributed by atoms with Crippen LogP contribution in [0.4, 0.5) is 0 Å². The molecule has 1 rings (SSSR count). The zero-order chi connectivity index (χ0) is 52.7. The Kier molecular flexibility index (Phi) is 38.1. The second-order valence-electron chi connectivity index (χ2n) is 17.5. The fraction of sp³-hybridized carbons (Fsp3) is 0.673. The second kappa shape index (κ2) is 41.2. The van der Waals surface area contributed by atoms with Gasteiger partial charge in [0.1, 0.15) is 49.3 Å². The van der Waals surface area contributed by atoms with Crippen LogP contribution in [0, 0.1) is 0 Å². The largest absolute Gasteiger partial charge is 0.481 e. The SMILES string of the molecule is CCCCC/C=C\C\C=C/C=C/C=C/[C@@H](SC[C@H](N)C(=O)OC[C@H](COP(=O)(O)OC1[C@H](O)[C@H](O)C(O)[C@H](O)[C@H]1O)OC(=O)CCC/C=C\C/C=C\C/C=C\CCCCCCCC)[C@@H](O)CCCC(=O)O. The Hall–Kier alpha value is -3.23. The summed E-state index contributed by atoms with van der Waals surface area (Å²) in [6.45, 7) is 2.77. The molecular weight excluding hydrogens is 958 g/mol. The van der Waals surface area contributed by atoms with Gasteiger partial charge in [-0.15, -0.1) is 11.8 Å². The average molecular weight is 1040 g/mol. The average Bonchev–Trinajstić information content (AvgIpc) is 3.34. The van der Waals surface area contributed by atoms with Crippen molar-refractivity contribution in [2.24, 2.45) is 5.73 Å². The molecule has 3 unspecified atom stereocenters. The lowest BCUT2D eigenvalue weighted by molar-refractivity contribution is -0.220. The van der Waals surface area contributed by atoms with Crippen molar-refractivity contribution in [3.63, 3.8) is 0 Å². The Morgan fingerprint density at radius 3 is 1.79 bits per heavy atom. The van der Waals surface area contributed by atoms with Gasteiger partial charge >= 0.3 is 25.7 Å². The first-order chi connectivity index (χ1) is 34.0. The molecule has 0 bridgehead atoms. The summed E-state index contributed by atoms with van der Waals surface area (Å²) in [5.41, 5.74) is 6.17. The number of carbonyl (C=O) groups excluding carboxylic acids is 2. The van der Waals surface area contributed by atoms with Gasteiger partial charge in [-0.1, -0.05) is 144 Å². The number of aliphatic hydroxyl groups is 6. The number of ether oxygens (including phenoxy) is 2. The van der Waals surface area contributed by atoms with Gasteiger partial charge in [0, 0.05) is 23.8 Å². The van der Waals surface area contributed by atoms with Crippen molar-refractivity contribution < 1.29 is 78.1 Å². The van der Waals surface area contributed by atoms with Gasteiger partial charge in [-0.25, -0.2) is 4.57 Å². The lowest BCUT2D eigenvalue weighted by Gasteiger charge is -2.41. The molecule has 0 radical (unpaired) electrons. The van der Waals surface area contributed by atoms with Crippen molar-refractivity contribution in [2.45, 2.75) is 202 Å². The van der Waals surface area contributed by atoms with Gasteiger partial charge in [-0.3, -0.25) is 23.4 Å².